The second-order valence-electron chi connectivity index (χ2n) is 1.91. The third kappa shape index (κ3) is 2.51. The fourth-order valence-electron chi connectivity index (χ4n) is 0.655. The Labute approximate surface area is 70.5 Å². The predicted molar refractivity (Wildman–Crippen MR) is 42.5 cm³/mol. The van der Waals surface area contributed by atoms with Gasteiger partial charge in [0.2, 0.25) is 0 Å². The van der Waals surface area contributed by atoms with Crippen molar-refractivity contribution in [1.82, 2.24) is 0 Å². The van der Waals surface area contributed by atoms with Gasteiger partial charge in [-0.05, 0) is 0 Å². The molecule has 0 atom stereocenters. The van der Waals surface area contributed by atoms with Crippen molar-refractivity contribution in [2.24, 2.45) is 0 Å². The van der Waals surface area contributed by atoms with Crippen molar-refractivity contribution in [1.29, 1.82) is 0 Å². The maximum atomic E-state index is 10.7. The maximum absolute atomic E-state index is 10.7. The van der Waals surface area contributed by atoms with Crippen LogP contribution in [0.15, 0.2) is 30.3 Å². The molecule has 0 spiro atoms. The van der Waals surface area contributed by atoms with Crippen LogP contribution in [0.5, 0.6) is 0 Å². The molecular weight excluding hydrogens is 240 g/mol. The molecule has 1 aromatic carbocycles. The standard InChI is InChI=1S/C8H8OTe/c1-7(9)10-8-5-3-2-4-6-8/h2-6H,1H3. The molecule has 0 saturated carbocycles. The van der Waals surface area contributed by atoms with E-state index in [1.54, 1.807) is 6.92 Å². The fraction of sp³-hybridized carbons (Fsp3) is 0.125. The van der Waals surface area contributed by atoms with Crippen molar-refractivity contribution < 1.29 is 4.79 Å². The van der Waals surface area contributed by atoms with Crippen molar-refractivity contribution >= 4 is 28.4 Å². The van der Waals surface area contributed by atoms with Gasteiger partial charge in [0.15, 0.2) is 0 Å². The predicted octanol–water partition coefficient (Wildman–Crippen LogP) is 0.563. The first-order chi connectivity index (χ1) is 4.79. The molecule has 0 N–H and O–H groups in total. The molecule has 52 valence electrons. The zero-order valence-electron chi connectivity index (χ0n) is 5.70. The summed E-state index contributed by atoms with van der Waals surface area (Å²) in [6, 6.07) is 9.95. The van der Waals surface area contributed by atoms with Crippen molar-refractivity contribution in [2.45, 2.75) is 6.92 Å². The second-order valence-corrected chi connectivity index (χ2v) is 5.48. The molecule has 1 rings (SSSR count). The van der Waals surface area contributed by atoms with E-state index in [-0.39, 0.29) is 0 Å². The molecule has 2 heteroatoms. The normalized spacial score (nSPS) is 9.30. The van der Waals surface area contributed by atoms with Crippen LogP contribution in [0.4, 0.5) is 0 Å². The first-order valence-electron chi connectivity index (χ1n) is 3.02. The van der Waals surface area contributed by atoms with Crippen molar-refractivity contribution in [3.8, 4) is 0 Å². The topological polar surface area (TPSA) is 17.1 Å². The van der Waals surface area contributed by atoms with Gasteiger partial charge in [0.25, 0.3) is 0 Å². The van der Waals surface area contributed by atoms with Gasteiger partial charge in [-0.2, -0.15) is 0 Å². The number of hydrogen-bond acceptors (Lipinski definition) is 1. The van der Waals surface area contributed by atoms with Gasteiger partial charge in [-0.15, -0.1) is 0 Å². The Kier molecular flexibility index (Phi) is 2.92. The van der Waals surface area contributed by atoms with E-state index < -0.39 is 20.9 Å². The summed E-state index contributed by atoms with van der Waals surface area (Å²) in [4.78, 5) is 10.7. The fourth-order valence-corrected chi connectivity index (χ4v) is 2.44. The SMILES string of the molecule is CC(=O)[Te]c1ccccc1. The average molecular weight is 248 g/mol. The van der Waals surface area contributed by atoms with Gasteiger partial charge in [-0.3, -0.25) is 0 Å². The van der Waals surface area contributed by atoms with Crippen LogP contribution in [0.3, 0.4) is 0 Å². The van der Waals surface area contributed by atoms with E-state index in [9.17, 15) is 4.79 Å². The molecule has 0 radical (unpaired) electrons. The van der Waals surface area contributed by atoms with Crippen molar-refractivity contribution in [2.75, 3.05) is 0 Å². The van der Waals surface area contributed by atoms with Crippen LogP contribution in [0, 0.1) is 0 Å². The molecule has 0 aromatic heterocycles. The Morgan fingerprint density at radius 1 is 1.30 bits per heavy atom. The zero-order valence-corrected chi connectivity index (χ0v) is 8.03. The second kappa shape index (κ2) is 3.75. The van der Waals surface area contributed by atoms with Gasteiger partial charge in [0, 0.05) is 0 Å². The Bertz CT molecular complexity index is 218. The Morgan fingerprint density at radius 3 is 2.40 bits per heavy atom. The summed E-state index contributed by atoms with van der Waals surface area (Å²) in [5.74, 6) is 0. The molecule has 10 heavy (non-hydrogen) atoms. The molecule has 1 nitrogen and oxygen atoms in total. The molecule has 0 aliphatic heterocycles. The van der Waals surface area contributed by atoms with Gasteiger partial charge >= 0.3 is 70.4 Å². The van der Waals surface area contributed by atoms with Crippen LogP contribution in [-0.2, 0) is 4.79 Å². The van der Waals surface area contributed by atoms with Gasteiger partial charge in [-0.25, -0.2) is 0 Å². The molecule has 0 fully saturated rings. The van der Waals surface area contributed by atoms with Crippen molar-refractivity contribution in [3.63, 3.8) is 0 Å². The summed E-state index contributed by atoms with van der Waals surface area (Å²) >= 11 is -0.541. The number of carbonyl (C=O) groups is 1. The van der Waals surface area contributed by atoms with E-state index >= 15 is 0 Å². The molecular formula is C8H8OTe. The number of carbonyl (C=O) groups excluding carboxylic acids is 1. The summed E-state index contributed by atoms with van der Waals surface area (Å²) in [6.07, 6.45) is 0. The Hall–Kier alpha value is -0.320. The minimum absolute atomic E-state index is 0.344. The van der Waals surface area contributed by atoms with Crippen LogP contribution in [0.2, 0.25) is 0 Å². The summed E-state index contributed by atoms with van der Waals surface area (Å²) < 4.78 is 1.57. The van der Waals surface area contributed by atoms with Crippen LogP contribution < -0.4 is 3.61 Å². The summed E-state index contributed by atoms with van der Waals surface area (Å²) in [6.45, 7) is 1.66. The summed E-state index contributed by atoms with van der Waals surface area (Å²) in [5.41, 5.74) is 0. The molecule has 0 saturated heterocycles. The molecule has 0 aliphatic carbocycles. The first kappa shape index (κ1) is 7.78. The Balaban J connectivity index is 2.67. The third-order valence-corrected chi connectivity index (χ3v) is 3.27. The quantitative estimate of drug-likeness (QED) is 0.699. The number of benzene rings is 1. The van der Waals surface area contributed by atoms with E-state index in [4.69, 9.17) is 0 Å². The van der Waals surface area contributed by atoms with Gasteiger partial charge in [0.05, 0.1) is 0 Å². The van der Waals surface area contributed by atoms with Crippen LogP contribution in [-0.4, -0.2) is 24.8 Å². The molecule has 0 aliphatic rings. The van der Waals surface area contributed by atoms with E-state index in [0.717, 1.165) is 0 Å². The van der Waals surface area contributed by atoms with E-state index in [2.05, 4.69) is 0 Å². The monoisotopic (exact) mass is 250 g/mol. The van der Waals surface area contributed by atoms with Crippen LogP contribution in [0.1, 0.15) is 6.92 Å². The van der Waals surface area contributed by atoms with E-state index in [1.165, 1.54) is 3.61 Å². The summed E-state index contributed by atoms with van der Waals surface area (Å²) in [5, 5.41) is 0. The van der Waals surface area contributed by atoms with Gasteiger partial charge < -0.3 is 0 Å². The first-order valence-corrected chi connectivity index (χ1v) is 5.35. The zero-order chi connectivity index (χ0) is 7.40. The minimum atomic E-state index is -0.541. The molecule has 0 unspecified atom stereocenters. The number of rotatable bonds is 2. The Morgan fingerprint density at radius 2 is 1.90 bits per heavy atom. The van der Waals surface area contributed by atoms with Crippen molar-refractivity contribution in [3.05, 3.63) is 30.3 Å². The number of hydrogen-bond donors (Lipinski definition) is 0. The molecule has 1 aromatic rings. The van der Waals surface area contributed by atoms with Gasteiger partial charge in [0.1, 0.15) is 0 Å². The molecule has 0 amide bonds. The third-order valence-electron chi connectivity index (χ3n) is 1.00. The molecule has 0 heterocycles. The molecule has 0 bridgehead atoms. The van der Waals surface area contributed by atoms with Crippen LogP contribution >= 0.6 is 0 Å². The summed E-state index contributed by atoms with van der Waals surface area (Å²) in [7, 11) is 0. The van der Waals surface area contributed by atoms with Gasteiger partial charge in [-0.1, -0.05) is 0 Å². The van der Waals surface area contributed by atoms with Crippen LogP contribution in [0.25, 0.3) is 0 Å². The van der Waals surface area contributed by atoms with E-state index in [1.807, 2.05) is 30.3 Å². The van der Waals surface area contributed by atoms with E-state index in [0.29, 0.717) is 3.83 Å². The average Bonchev–Trinajstić information content (AvgIpc) is 1.88.